The Morgan fingerprint density at radius 3 is 0.738 bits per heavy atom. The van der Waals surface area contributed by atoms with Crippen LogP contribution in [0.15, 0.2) is 0 Å². The largest absolute Gasteiger partial charge is 0.394 e. The van der Waals surface area contributed by atoms with Crippen molar-refractivity contribution in [2.24, 2.45) is 11.8 Å². The van der Waals surface area contributed by atoms with Crippen molar-refractivity contribution in [1.82, 2.24) is 0 Å². The van der Waals surface area contributed by atoms with E-state index in [1.54, 1.807) is 0 Å². The maximum Gasteiger partial charge on any atom is 0.394 e. The Balaban J connectivity index is 0. The Morgan fingerprint density at radius 1 is 0.381 bits per heavy atom. The molecule has 0 amide bonds. The van der Waals surface area contributed by atoms with Crippen molar-refractivity contribution in [2.45, 2.75) is 207 Å². The van der Waals surface area contributed by atoms with Crippen molar-refractivity contribution in [2.75, 3.05) is 13.2 Å². The predicted octanol–water partition coefficient (Wildman–Crippen LogP) is 12.6. The van der Waals surface area contributed by atoms with Gasteiger partial charge in [0.15, 0.2) is 0 Å². The molecular formula is C36H76O5S. The first kappa shape index (κ1) is 44.0. The van der Waals surface area contributed by atoms with Crippen LogP contribution < -0.4 is 0 Å². The zero-order valence-electron chi connectivity index (χ0n) is 28.9. The van der Waals surface area contributed by atoms with Crippen LogP contribution in [0.3, 0.4) is 0 Å². The van der Waals surface area contributed by atoms with Gasteiger partial charge in [-0.25, -0.2) is 0 Å². The summed E-state index contributed by atoms with van der Waals surface area (Å²) in [5, 5.41) is 0. The molecule has 0 rings (SSSR count). The lowest BCUT2D eigenvalue weighted by Gasteiger charge is -2.06. The SMILES string of the molecule is CC(C)CCCCCCCCCCCCCCCOCCCCCCCCCCCCCCCC(C)C.O=S(=O)(O)O. The molecule has 0 aliphatic rings. The van der Waals surface area contributed by atoms with Crippen LogP contribution in [0.25, 0.3) is 0 Å². The number of rotatable bonds is 32. The third kappa shape index (κ3) is 52.5. The monoisotopic (exact) mass is 621 g/mol. The molecule has 2 N–H and O–H groups in total. The molecule has 0 aliphatic heterocycles. The maximum atomic E-state index is 8.74. The molecule has 0 heterocycles. The summed E-state index contributed by atoms with van der Waals surface area (Å²) in [6.07, 6.45) is 40.2. The molecule has 0 fully saturated rings. The topological polar surface area (TPSA) is 83.8 Å². The zero-order valence-corrected chi connectivity index (χ0v) is 29.7. The molecule has 0 bridgehead atoms. The van der Waals surface area contributed by atoms with Crippen molar-refractivity contribution in [3.05, 3.63) is 0 Å². The van der Waals surface area contributed by atoms with Gasteiger partial charge in [-0.15, -0.1) is 0 Å². The molecule has 0 aromatic heterocycles. The lowest BCUT2D eigenvalue weighted by molar-refractivity contribution is 0.125. The Bertz CT molecular complexity index is 548. The molecule has 0 spiro atoms. The molecule has 256 valence electrons. The van der Waals surface area contributed by atoms with E-state index in [0.717, 1.165) is 25.0 Å². The van der Waals surface area contributed by atoms with Gasteiger partial charge in [0, 0.05) is 13.2 Å². The van der Waals surface area contributed by atoms with Crippen LogP contribution >= 0.6 is 0 Å². The van der Waals surface area contributed by atoms with Gasteiger partial charge >= 0.3 is 10.4 Å². The van der Waals surface area contributed by atoms with Crippen LogP contribution in [0.1, 0.15) is 207 Å². The van der Waals surface area contributed by atoms with Crippen molar-refractivity contribution < 1.29 is 22.3 Å². The van der Waals surface area contributed by atoms with Gasteiger partial charge in [-0.2, -0.15) is 8.42 Å². The van der Waals surface area contributed by atoms with Gasteiger partial charge in [-0.1, -0.05) is 195 Å². The highest BCUT2D eigenvalue weighted by atomic mass is 32.3. The number of hydrogen-bond donors (Lipinski definition) is 2. The number of ether oxygens (including phenoxy) is 1. The summed E-state index contributed by atoms with van der Waals surface area (Å²) in [7, 11) is -4.67. The first-order valence-corrected chi connectivity index (χ1v) is 19.8. The fourth-order valence-corrected chi connectivity index (χ4v) is 5.50. The Labute approximate surface area is 264 Å². The maximum absolute atomic E-state index is 8.74. The first-order valence-electron chi connectivity index (χ1n) is 18.4. The average Bonchev–Trinajstić information content (AvgIpc) is 2.90. The van der Waals surface area contributed by atoms with E-state index in [2.05, 4.69) is 27.7 Å². The van der Waals surface area contributed by atoms with Crippen LogP contribution in [-0.4, -0.2) is 30.7 Å². The molecule has 0 aromatic rings. The summed E-state index contributed by atoms with van der Waals surface area (Å²) in [5.41, 5.74) is 0. The molecule has 0 atom stereocenters. The molecule has 0 aromatic carbocycles. The van der Waals surface area contributed by atoms with E-state index >= 15 is 0 Å². The van der Waals surface area contributed by atoms with Crippen LogP contribution in [0, 0.1) is 11.8 Å². The summed E-state index contributed by atoms with van der Waals surface area (Å²) in [6, 6.07) is 0. The Hall–Kier alpha value is -0.170. The normalized spacial score (nSPS) is 11.8. The highest BCUT2D eigenvalue weighted by Gasteiger charge is 1.98. The van der Waals surface area contributed by atoms with Crippen LogP contribution in [0.2, 0.25) is 0 Å². The molecule has 5 nitrogen and oxygen atoms in total. The highest BCUT2D eigenvalue weighted by molar-refractivity contribution is 7.79. The summed E-state index contributed by atoms with van der Waals surface area (Å²) in [6.45, 7) is 11.4. The number of unbranched alkanes of at least 4 members (excludes halogenated alkanes) is 24. The Kier molecular flexibility index (Phi) is 37.0. The molecule has 0 unspecified atom stereocenters. The fourth-order valence-electron chi connectivity index (χ4n) is 5.50. The minimum absolute atomic E-state index is 0.890. The van der Waals surface area contributed by atoms with Crippen LogP contribution in [-0.2, 0) is 15.1 Å². The Morgan fingerprint density at radius 2 is 0.548 bits per heavy atom. The zero-order chi connectivity index (χ0) is 31.6. The van der Waals surface area contributed by atoms with Crippen LogP contribution in [0.4, 0.5) is 0 Å². The summed E-state index contributed by atoms with van der Waals surface area (Å²) < 4.78 is 37.5. The number of hydrogen-bond acceptors (Lipinski definition) is 3. The second kappa shape index (κ2) is 35.3. The van der Waals surface area contributed by atoms with Gasteiger partial charge in [-0.05, 0) is 24.7 Å². The quantitative estimate of drug-likeness (QED) is 0.0577. The van der Waals surface area contributed by atoms with Crippen molar-refractivity contribution >= 4 is 10.4 Å². The van der Waals surface area contributed by atoms with Gasteiger partial charge < -0.3 is 4.74 Å². The molecule has 0 saturated carbocycles. The third-order valence-corrected chi connectivity index (χ3v) is 8.14. The minimum atomic E-state index is -4.67. The van der Waals surface area contributed by atoms with E-state index in [0.29, 0.717) is 0 Å². The highest BCUT2D eigenvalue weighted by Crippen LogP contribution is 2.16. The minimum Gasteiger partial charge on any atom is -0.381 e. The van der Waals surface area contributed by atoms with E-state index in [1.807, 2.05) is 0 Å². The van der Waals surface area contributed by atoms with E-state index in [-0.39, 0.29) is 0 Å². The van der Waals surface area contributed by atoms with Crippen LogP contribution in [0.5, 0.6) is 0 Å². The van der Waals surface area contributed by atoms with E-state index in [9.17, 15) is 0 Å². The van der Waals surface area contributed by atoms with Gasteiger partial charge in [0.25, 0.3) is 0 Å². The standard InChI is InChI=1S/C36H74O.H2O4S/c1-35(2)31-27-23-19-15-11-7-5-9-13-17-21-25-29-33-37-34-30-26-22-18-14-10-6-8-12-16-20-24-28-32-36(3)4;1-5(2,3)4/h35-36H,5-34H2,1-4H3;(H2,1,2,3,4). The van der Waals surface area contributed by atoms with Crippen molar-refractivity contribution in [3.8, 4) is 0 Å². The smallest absolute Gasteiger partial charge is 0.381 e. The van der Waals surface area contributed by atoms with Gasteiger partial charge in [0.2, 0.25) is 0 Å². The van der Waals surface area contributed by atoms with Gasteiger partial charge in [0.1, 0.15) is 0 Å². The fraction of sp³-hybridized carbons (Fsp3) is 1.00. The van der Waals surface area contributed by atoms with E-state index in [1.165, 1.54) is 180 Å². The molecule has 0 aliphatic carbocycles. The van der Waals surface area contributed by atoms with Crippen molar-refractivity contribution in [3.63, 3.8) is 0 Å². The summed E-state index contributed by atoms with van der Waals surface area (Å²) in [4.78, 5) is 0. The molecule has 42 heavy (non-hydrogen) atoms. The van der Waals surface area contributed by atoms with Crippen molar-refractivity contribution in [1.29, 1.82) is 0 Å². The first-order chi connectivity index (χ1) is 20.1. The second-order valence-electron chi connectivity index (χ2n) is 13.6. The predicted molar refractivity (Wildman–Crippen MR) is 184 cm³/mol. The van der Waals surface area contributed by atoms with E-state index in [4.69, 9.17) is 22.3 Å². The molecular weight excluding hydrogens is 544 g/mol. The lowest BCUT2D eigenvalue weighted by Crippen LogP contribution is -1.97. The molecule has 6 heteroatoms. The summed E-state index contributed by atoms with van der Waals surface area (Å²) >= 11 is 0. The summed E-state index contributed by atoms with van der Waals surface area (Å²) in [5.74, 6) is 1.78. The second-order valence-corrected chi connectivity index (χ2v) is 14.5. The molecule has 0 saturated heterocycles. The van der Waals surface area contributed by atoms with E-state index < -0.39 is 10.4 Å². The molecule has 0 radical (unpaired) electrons. The lowest BCUT2D eigenvalue weighted by atomic mass is 10.0. The van der Waals surface area contributed by atoms with Gasteiger partial charge in [-0.3, -0.25) is 9.11 Å². The third-order valence-electron chi connectivity index (χ3n) is 8.14. The van der Waals surface area contributed by atoms with Gasteiger partial charge in [0.05, 0.1) is 0 Å². The average molecular weight is 621 g/mol.